The van der Waals surface area contributed by atoms with E-state index in [2.05, 4.69) is 0 Å². The Hall–Kier alpha value is -0.870. The zero-order valence-corrected chi connectivity index (χ0v) is 8.43. The summed E-state index contributed by atoms with van der Waals surface area (Å²) in [5.74, 6) is -0.576. The molecule has 0 amide bonds. The SMILES string of the molecule is CCOC(=O)[C@@H](O)c1sccc1C. The van der Waals surface area contributed by atoms with Gasteiger partial charge in [-0.2, -0.15) is 0 Å². The summed E-state index contributed by atoms with van der Waals surface area (Å²) in [7, 11) is 0. The average Bonchev–Trinajstić information content (AvgIpc) is 2.50. The molecule has 13 heavy (non-hydrogen) atoms. The molecular weight excluding hydrogens is 188 g/mol. The van der Waals surface area contributed by atoms with Crippen LogP contribution in [0.2, 0.25) is 0 Å². The normalized spacial score (nSPS) is 12.5. The zero-order valence-electron chi connectivity index (χ0n) is 7.61. The maximum atomic E-state index is 11.1. The lowest BCUT2D eigenvalue weighted by atomic mass is 10.2. The Morgan fingerprint density at radius 3 is 2.92 bits per heavy atom. The van der Waals surface area contributed by atoms with Crippen LogP contribution in [-0.4, -0.2) is 17.7 Å². The molecule has 0 saturated carbocycles. The Bertz CT molecular complexity index is 293. The van der Waals surface area contributed by atoms with Crippen molar-refractivity contribution in [1.82, 2.24) is 0 Å². The Kier molecular flexibility index (Phi) is 3.45. The summed E-state index contributed by atoms with van der Waals surface area (Å²) in [6.45, 7) is 3.86. The number of aryl methyl sites for hydroxylation is 1. The number of aliphatic hydroxyl groups excluding tert-OH is 1. The van der Waals surface area contributed by atoms with Gasteiger partial charge in [0.2, 0.25) is 0 Å². The van der Waals surface area contributed by atoms with Crippen molar-refractivity contribution in [3.8, 4) is 0 Å². The van der Waals surface area contributed by atoms with E-state index in [1.165, 1.54) is 11.3 Å². The molecule has 1 rings (SSSR count). The Balaban J connectivity index is 2.73. The van der Waals surface area contributed by atoms with Crippen LogP contribution in [0.15, 0.2) is 11.4 Å². The molecule has 0 aromatic carbocycles. The minimum atomic E-state index is -1.13. The summed E-state index contributed by atoms with van der Waals surface area (Å²) in [6.07, 6.45) is -1.13. The lowest BCUT2D eigenvalue weighted by Gasteiger charge is -2.08. The number of rotatable bonds is 3. The van der Waals surface area contributed by atoms with Crippen molar-refractivity contribution in [2.75, 3.05) is 6.61 Å². The van der Waals surface area contributed by atoms with E-state index in [-0.39, 0.29) is 0 Å². The fourth-order valence-corrected chi connectivity index (χ4v) is 1.89. The van der Waals surface area contributed by atoms with Gasteiger partial charge in [0.15, 0.2) is 6.10 Å². The number of aliphatic hydroxyl groups is 1. The van der Waals surface area contributed by atoms with Crippen LogP contribution in [0.5, 0.6) is 0 Å². The second kappa shape index (κ2) is 4.39. The number of esters is 1. The van der Waals surface area contributed by atoms with Gasteiger partial charge >= 0.3 is 5.97 Å². The Morgan fingerprint density at radius 1 is 1.77 bits per heavy atom. The largest absolute Gasteiger partial charge is 0.464 e. The summed E-state index contributed by atoms with van der Waals surface area (Å²) < 4.78 is 4.70. The molecule has 0 aliphatic rings. The Morgan fingerprint density at radius 2 is 2.46 bits per heavy atom. The van der Waals surface area contributed by atoms with E-state index in [9.17, 15) is 9.90 Å². The molecular formula is C9H12O3S. The van der Waals surface area contributed by atoms with Crippen molar-refractivity contribution < 1.29 is 14.6 Å². The van der Waals surface area contributed by atoms with E-state index >= 15 is 0 Å². The van der Waals surface area contributed by atoms with Crippen LogP contribution in [-0.2, 0) is 9.53 Å². The number of thiophene rings is 1. The lowest BCUT2D eigenvalue weighted by Crippen LogP contribution is -2.14. The van der Waals surface area contributed by atoms with Crippen LogP contribution >= 0.6 is 11.3 Å². The minimum absolute atomic E-state index is 0.292. The molecule has 0 bridgehead atoms. The average molecular weight is 200 g/mol. The van der Waals surface area contributed by atoms with Gasteiger partial charge in [-0.1, -0.05) is 0 Å². The zero-order chi connectivity index (χ0) is 9.84. The molecule has 0 unspecified atom stereocenters. The molecule has 0 radical (unpaired) electrons. The molecule has 1 aromatic rings. The predicted molar refractivity (Wildman–Crippen MR) is 50.6 cm³/mol. The Labute approximate surface area is 81.0 Å². The molecule has 1 aromatic heterocycles. The highest BCUT2D eigenvalue weighted by Crippen LogP contribution is 2.24. The predicted octanol–water partition coefficient (Wildman–Crippen LogP) is 1.65. The van der Waals surface area contributed by atoms with Gasteiger partial charge in [-0.25, -0.2) is 4.79 Å². The number of hydrogen-bond acceptors (Lipinski definition) is 4. The first-order valence-corrected chi connectivity index (χ1v) is 4.93. The molecule has 4 heteroatoms. The van der Waals surface area contributed by atoms with Gasteiger partial charge in [0, 0.05) is 4.88 Å². The first-order chi connectivity index (χ1) is 6.16. The van der Waals surface area contributed by atoms with Crippen LogP contribution in [0, 0.1) is 6.92 Å². The number of carbonyl (C=O) groups is 1. The summed E-state index contributed by atoms with van der Waals surface area (Å²) >= 11 is 1.36. The van der Waals surface area contributed by atoms with Crippen LogP contribution in [0.1, 0.15) is 23.5 Å². The third kappa shape index (κ3) is 2.29. The monoisotopic (exact) mass is 200 g/mol. The van der Waals surface area contributed by atoms with Gasteiger partial charge in [0.1, 0.15) is 0 Å². The lowest BCUT2D eigenvalue weighted by molar-refractivity contribution is -0.153. The van der Waals surface area contributed by atoms with Crippen molar-refractivity contribution in [3.05, 3.63) is 21.9 Å². The first-order valence-electron chi connectivity index (χ1n) is 4.05. The van der Waals surface area contributed by atoms with Crippen LogP contribution in [0.4, 0.5) is 0 Å². The molecule has 0 fully saturated rings. The van der Waals surface area contributed by atoms with Crippen molar-refractivity contribution in [2.45, 2.75) is 20.0 Å². The van der Waals surface area contributed by atoms with Gasteiger partial charge in [-0.3, -0.25) is 0 Å². The van der Waals surface area contributed by atoms with E-state index in [0.29, 0.717) is 11.5 Å². The van der Waals surface area contributed by atoms with E-state index in [1.54, 1.807) is 6.92 Å². The first kappa shape index (κ1) is 10.2. The van der Waals surface area contributed by atoms with Crippen LogP contribution < -0.4 is 0 Å². The van der Waals surface area contributed by atoms with E-state index < -0.39 is 12.1 Å². The highest BCUT2D eigenvalue weighted by atomic mass is 32.1. The van der Waals surface area contributed by atoms with Crippen molar-refractivity contribution >= 4 is 17.3 Å². The maximum absolute atomic E-state index is 11.1. The molecule has 1 atom stereocenters. The molecule has 0 aliphatic heterocycles. The van der Waals surface area contributed by atoms with Gasteiger partial charge in [0.25, 0.3) is 0 Å². The van der Waals surface area contributed by atoms with Crippen LogP contribution in [0.3, 0.4) is 0 Å². The molecule has 1 heterocycles. The number of carbonyl (C=O) groups excluding carboxylic acids is 1. The quantitative estimate of drug-likeness (QED) is 0.755. The molecule has 1 N–H and O–H groups in total. The highest BCUT2D eigenvalue weighted by Gasteiger charge is 2.21. The molecule has 0 saturated heterocycles. The summed E-state index contributed by atoms with van der Waals surface area (Å²) in [4.78, 5) is 11.8. The topological polar surface area (TPSA) is 46.5 Å². The summed E-state index contributed by atoms with van der Waals surface area (Å²) in [5.41, 5.74) is 0.922. The third-order valence-electron chi connectivity index (χ3n) is 1.66. The number of hydrogen-bond donors (Lipinski definition) is 1. The van der Waals surface area contributed by atoms with Gasteiger partial charge < -0.3 is 9.84 Å². The van der Waals surface area contributed by atoms with Gasteiger partial charge in [-0.15, -0.1) is 11.3 Å². The van der Waals surface area contributed by atoms with Crippen LogP contribution in [0.25, 0.3) is 0 Å². The van der Waals surface area contributed by atoms with Crippen molar-refractivity contribution in [3.63, 3.8) is 0 Å². The third-order valence-corrected chi connectivity index (χ3v) is 2.73. The second-order valence-electron chi connectivity index (χ2n) is 2.62. The smallest absolute Gasteiger partial charge is 0.340 e. The minimum Gasteiger partial charge on any atom is -0.464 e. The van der Waals surface area contributed by atoms with Crippen molar-refractivity contribution in [2.24, 2.45) is 0 Å². The molecule has 3 nitrogen and oxygen atoms in total. The number of ether oxygens (including phenoxy) is 1. The van der Waals surface area contributed by atoms with Gasteiger partial charge in [0.05, 0.1) is 6.61 Å². The summed E-state index contributed by atoms with van der Waals surface area (Å²) in [6, 6.07) is 1.86. The van der Waals surface area contributed by atoms with Gasteiger partial charge in [-0.05, 0) is 30.9 Å². The van der Waals surface area contributed by atoms with E-state index in [4.69, 9.17) is 4.74 Å². The molecule has 0 aliphatic carbocycles. The second-order valence-corrected chi connectivity index (χ2v) is 3.57. The fourth-order valence-electron chi connectivity index (χ4n) is 0.993. The van der Waals surface area contributed by atoms with E-state index in [0.717, 1.165) is 5.56 Å². The summed E-state index contributed by atoms with van der Waals surface area (Å²) in [5, 5.41) is 11.4. The molecule has 0 spiro atoms. The molecule has 72 valence electrons. The highest BCUT2D eigenvalue weighted by molar-refractivity contribution is 7.10. The standard InChI is InChI=1S/C9H12O3S/c1-3-12-9(11)7(10)8-6(2)4-5-13-8/h4-5,7,10H,3H2,1-2H3/t7-/m0/s1. The fraction of sp³-hybridized carbons (Fsp3) is 0.444. The maximum Gasteiger partial charge on any atom is 0.340 e. The van der Waals surface area contributed by atoms with Crippen molar-refractivity contribution in [1.29, 1.82) is 0 Å². The van der Waals surface area contributed by atoms with E-state index in [1.807, 2.05) is 18.4 Å².